The van der Waals surface area contributed by atoms with Crippen LogP contribution in [0.15, 0.2) is 0 Å². The first-order valence-corrected chi connectivity index (χ1v) is 7.35. The Morgan fingerprint density at radius 3 is 0.250 bits per heavy atom. The van der Waals surface area contributed by atoms with Crippen molar-refractivity contribution in [2.24, 2.45) is 0 Å². The normalized spacial score (nSPS) is 7.09. The van der Waals surface area contributed by atoms with Crippen molar-refractivity contribution in [3.8, 4) is 0 Å². The molecule has 0 amide bonds. The van der Waals surface area contributed by atoms with Gasteiger partial charge in [-0.2, -0.15) is 0 Å². The summed E-state index contributed by atoms with van der Waals surface area (Å²) >= 11 is 0. The van der Waals surface area contributed by atoms with Crippen molar-refractivity contribution in [1.29, 1.82) is 0 Å². The van der Waals surface area contributed by atoms with Crippen LogP contribution in [0.2, 0.25) is 0 Å². The molecule has 0 saturated heterocycles. The largest absolute Gasteiger partial charge is 6.00 e. The molecule has 32 heteroatoms. The van der Waals surface area contributed by atoms with Gasteiger partial charge in [0.2, 0.25) is 0 Å². The van der Waals surface area contributed by atoms with Gasteiger partial charge in [0.05, 0.1) is 0 Å². The van der Waals surface area contributed by atoms with Gasteiger partial charge in [0, 0.05) is 0 Å². The maximum Gasteiger partial charge on any atom is 6.00 e. The monoisotopic (exact) mass is 728 g/mol. The van der Waals surface area contributed by atoms with Crippen LogP contribution in [-0.4, -0.2) is 73.9 Å². The number of carbonyl (C=O) groups excluding carboxylic acids is 12. The van der Waals surface area contributed by atoms with Gasteiger partial charge in [0.25, 0.3) is 73.9 Å². The molecule has 0 radical (unpaired) electrons. The number of rotatable bonds is 0. The minimum absolute atomic E-state index is 0. The van der Waals surface area contributed by atoms with E-state index in [0.717, 1.165) is 0 Å². The third kappa shape index (κ3) is 138. The summed E-state index contributed by atoms with van der Waals surface area (Å²) < 4.78 is 17.2. The van der Waals surface area contributed by atoms with Gasteiger partial charge in [0.15, 0.2) is 0 Å². The van der Waals surface area contributed by atoms with Crippen molar-refractivity contribution in [3.63, 3.8) is 0 Å². The van der Waals surface area contributed by atoms with Crippen LogP contribution in [0, 0.1) is 0 Å². The molecule has 0 aliphatic heterocycles. The van der Waals surface area contributed by atoms with Gasteiger partial charge < -0.3 is 147 Å². The first-order valence-electron chi connectivity index (χ1n) is 7.35. The standard InChI is InChI=1S/6C2H2O5.2Cr/c6*3-1(4)7-2(5)6;;/h6*(H,3,4)(H,5,6);;/q;;;;;;2*+6/p-12. The quantitative estimate of drug-likeness (QED) is 0.127. The van der Waals surface area contributed by atoms with Crippen LogP contribution in [0.25, 0.3) is 0 Å². The van der Waals surface area contributed by atoms with E-state index in [1.165, 1.54) is 0 Å². The molecule has 0 aliphatic rings. The van der Waals surface area contributed by atoms with Gasteiger partial charge in [-0.15, -0.1) is 0 Å². The van der Waals surface area contributed by atoms with Crippen molar-refractivity contribution in [1.82, 2.24) is 0 Å². The third-order valence-corrected chi connectivity index (χ3v) is 1.000. The van der Waals surface area contributed by atoms with E-state index >= 15 is 0 Å². The van der Waals surface area contributed by atoms with Crippen LogP contribution in [0.1, 0.15) is 0 Å². The zero-order chi connectivity index (χ0) is 35.2. The van der Waals surface area contributed by atoms with E-state index in [1.54, 1.807) is 0 Å². The molecule has 30 nitrogen and oxygen atoms in total. The van der Waals surface area contributed by atoms with Crippen LogP contribution < -0.4 is 61.3 Å². The first kappa shape index (κ1) is 57.4. The molecule has 0 aromatic carbocycles. The van der Waals surface area contributed by atoms with Gasteiger partial charge in [-0.05, 0) is 0 Å². The fourth-order valence-corrected chi connectivity index (χ4v) is 0.408. The number of hydrogen-bond acceptors (Lipinski definition) is 30. The van der Waals surface area contributed by atoms with Crippen LogP contribution in [0.5, 0.6) is 0 Å². The van der Waals surface area contributed by atoms with Crippen LogP contribution in [0.4, 0.5) is 57.5 Å². The molecule has 0 unspecified atom stereocenters. The molecule has 0 rings (SSSR count). The summed E-state index contributed by atoms with van der Waals surface area (Å²) in [4.78, 5) is 109. The topological polar surface area (TPSA) is 537 Å². The van der Waals surface area contributed by atoms with Gasteiger partial charge >= 0.3 is 34.7 Å². The van der Waals surface area contributed by atoms with Crippen molar-refractivity contribution in [3.05, 3.63) is 0 Å². The van der Waals surface area contributed by atoms with E-state index in [4.69, 9.17) is 119 Å². The minimum atomic E-state index is -2.12. The summed E-state index contributed by atoms with van der Waals surface area (Å²) in [6, 6.07) is 0. The van der Waals surface area contributed by atoms with E-state index in [1.807, 2.05) is 0 Å². The van der Waals surface area contributed by atoms with Crippen LogP contribution in [0.3, 0.4) is 0 Å². The predicted octanol–water partition coefficient (Wildman–Crippen LogP) is -13.9. The second-order valence-electron chi connectivity index (χ2n) is 3.61. The summed E-state index contributed by atoms with van der Waals surface area (Å²) in [5.41, 5.74) is 0. The summed E-state index contributed by atoms with van der Waals surface area (Å²) in [5, 5.41) is 109. The molecule has 0 aromatic heterocycles. The number of ether oxygens (including phenoxy) is 6. The van der Waals surface area contributed by atoms with Gasteiger partial charge in [-0.1, -0.05) is 0 Å². The summed E-state index contributed by atoms with van der Waals surface area (Å²) in [6.07, 6.45) is -25.5. The molecule has 0 aliphatic carbocycles. The molecule has 0 spiro atoms. The predicted molar refractivity (Wildman–Crippen MR) is 71.3 cm³/mol. The van der Waals surface area contributed by atoms with E-state index in [2.05, 4.69) is 28.4 Å². The molecule has 240 valence electrons. The van der Waals surface area contributed by atoms with Gasteiger partial charge in [0.1, 0.15) is 0 Å². The molecular formula is C12Cr2O30. The molecule has 0 N–H and O–H groups in total. The number of carboxylic acid groups (broad SMARTS) is 12. The Morgan fingerprint density at radius 1 is 0.205 bits per heavy atom. The molecule has 0 aromatic rings. The summed E-state index contributed by atoms with van der Waals surface area (Å²) in [7, 11) is 0. The molecule has 0 atom stereocenters. The van der Waals surface area contributed by atoms with Crippen molar-refractivity contribution in [2.75, 3.05) is 0 Å². The Bertz CT molecular complexity index is 707. The Morgan fingerprint density at radius 2 is 0.250 bits per heavy atom. The molecular weight excluding hydrogens is 728 g/mol. The maximum absolute atomic E-state index is 9.06. The van der Waals surface area contributed by atoms with E-state index in [0.29, 0.717) is 0 Å². The Hall–Kier alpha value is -6.50. The van der Waals surface area contributed by atoms with Crippen LogP contribution >= 0.6 is 0 Å². The van der Waals surface area contributed by atoms with Crippen molar-refractivity contribution >= 4 is 73.9 Å². The fourth-order valence-electron chi connectivity index (χ4n) is 0.408. The molecule has 44 heavy (non-hydrogen) atoms. The second-order valence-corrected chi connectivity index (χ2v) is 3.61. The van der Waals surface area contributed by atoms with Gasteiger partial charge in [-0.3, -0.25) is 0 Å². The van der Waals surface area contributed by atoms with E-state index < -0.39 is 73.9 Å². The smallest absolute Gasteiger partial charge is 0.483 e. The maximum atomic E-state index is 9.06. The number of carbonyl (C=O) groups is 12. The minimum Gasteiger partial charge on any atom is -0.483 e. The third-order valence-electron chi connectivity index (χ3n) is 1.000. The Balaban J connectivity index is -0.0000000584. The zero-order valence-electron chi connectivity index (χ0n) is 19.1. The molecule has 0 saturated carbocycles. The zero-order valence-corrected chi connectivity index (χ0v) is 21.6. The first-order chi connectivity index (χ1) is 18.8. The Labute approximate surface area is 256 Å². The second kappa shape index (κ2) is 36.5. The average molecular weight is 728 g/mol. The number of hydrogen-bond donors (Lipinski definition) is 0. The fraction of sp³-hybridized carbons (Fsp3) is 0. The summed E-state index contributed by atoms with van der Waals surface area (Å²) in [5.74, 6) is 0. The van der Waals surface area contributed by atoms with Crippen molar-refractivity contribution in [2.45, 2.75) is 0 Å². The van der Waals surface area contributed by atoms with Crippen molar-refractivity contribution < 1.29 is 182 Å². The Kier molecular flexibility index (Phi) is 47.6. The van der Waals surface area contributed by atoms with Gasteiger partial charge in [-0.25, -0.2) is 0 Å². The SMILES string of the molecule is O=C([O-])OC(=O)[O-].O=C([O-])OC(=O)[O-].O=C([O-])OC(=O)[O-].O=C([O-])OC(=O)[O-].O=C([O-])OC(=O)[O-].O=C([O-])OC(=O)[O-].[Cr+6].[Cr+6]. The summed E-state index contributed by atoms with van der Waals surface area (Å²) in [6.45, 7) is 0. The molecule has 0 fully saturated rings. The molecule has 0 heterocycles. The van der Waals surface area contributed by atoms with E-state index in [-0.39, 0.29) is 34.7 Å². The average Bonchev–Trinajstić information content (AvgIpc) is 2.63. The van der Waals surface area contributed by atoms with Crippen LogP contribution in [-0.2, 0) is 63.1 Å². The molecule has 0 bridgehead atoms. The van der Waals surface area contributed by atoms with E-state index in [9.17, 15) is 0 Å².